The van der Waals surface area contributed by atoms with E-state index in [0.29, 0.717) is 17.0 Å². The summed E-state index contributed by atoms with van der Waals surface area (Å²) in [4.78, 5) is 46.6. The molecule has 2 aromatic carbocycles. The van der Waals surface area contributed by atoms with Crippen LogP contribution in [0.15, 0.2) is 54.1 Å². The lowest BCUT2D eigenvalue weighted by molar-refractivity contribution is -0.124. The van der Waals surface area contributed by atoms with Crippen LogP contribution in [0.2, 0.25) is 0 Å². The molecule has 2 aromatic rings. The molecular formula is C20H17N3O5. The van der Waals surface area contributed by atoms with Crippen molar-refractivity contribution in [1.29, 1.82) is 0 Å². The number of carbonyl (C=O) groups excluding carboxylic acids is 4. The lowest BCUT2D eigenvalue weighted by Crippen LogP contribution is -2.51. The van der Waals surface area contributed by atoms with Crippen LogP contribution in [0.25, 0.3) is 6.08 Å². The monoisotopic (exact) mass is 379 g/mol. The first kappa shape index (κ1) is 18.8. The fourth-order valence-electron chi connectivity index (χ4n) is 2.45. The Morgan fingerprint density at radius 2 is 1.71 bits per heavy atom. The van der Waals surface area contributed by atoms with Crippen LogP contribution in [0.3, 0.4) is 0 Å². The minimum atomic E-state index is -0.858. The van der Waals surface area contributed by atoms with Crippen LogP contribution in [0.4, 0.5) is 10.5 Å². The van der Waals surface area contributed by atoms with E-state index in [2.05, 4.69) is 5.32 Å². The van der Waals surface area contributed by atoms with E-state index < -0.39 is 17.8 Å². The zero-order valence-corrected chi connectivity index (χ0v) is 14.9. The maximum Gasteiger partial charge on any atom is 0.328 e. The number of benzene rings is 2. The van der Waals surface area contributed by atoms with E-state index in [-0.39, 0.29) is 18.1 Å². The van der Waals surface area contributed by atoms with Crippen molar-refractivity contribution in [3.63, 3.8) is 0 Å². The molecule has 1 heterocycles. The van der Waals surface area contributed by atoms with Gasteiger partial charge in [-0.15, -0.1) is 0 Å². The van der Waals surface area contributed by atoms with Crippen molar-refractivity contribution in [2.45, 2.75) is 6.92 Å². The number of anilines is 1. The van der Waals surface area contributed by atoms with Gasteiger partial charge < -0.3 is 10.1 Å². The summed E-state index contributed by atoms with van der Waals surface area (Å²) in [5, 5.41) is 6.72. The van der Waals surface area contributed by atoms with E-state index in [4.69, 9.17) is 4.74 Å². The Balaban J connectivity index is 1.63. The Morgan fingerprint density at radius 3 is 2.39 bits per heavy atom. The van der Waals surface area contributed by atoms with Crippen LogP contribution in [0.5, 0.6) is 5.75 Å². The van der Waals surface area contributed by atoms with Gasteiger partial charge in [0.2, 0.25) is 0 Å². The highest BCUT2D eigenvalue weighted by molar-refractivity contribution is 6.31. The van der Waals surface area contributed by atoms with Crippen molar-refractivity contribution >= 4 is 35.5 Å². The Morgan fingerprint density at radius 1 is 1.04 bits per heavy atom. The van der Waals surface area contributed by atoms with Gasteiger partial charge in [0.25, 0.3) is 17.7 Å². The highest BCUT2D eigenvalue weighted by Gasteiger charge is 2.27. The highest BCUT2D eigenvalue weighted by atomic mass is 16.5. The standard InChI is InChI=1S/C20H17N3O5/c1-12-5-7-14(8-6-12)21-17(24)11-28-15-4-2-3-13(9-15)10-16-18(25)22-20(27)23-19(16)26/h2-10H,11H2,1H3,(H,21,24)(H2,22,23,25,26,27). The molecule has 3 N–H and O–H groups in total. The Kier molecular flexibility index (Phi) is 5.50. The second kappa shape index (κ2) is 8.17. The summed E-state index contributed by atoms with van der Waals surface area (Å²) in [5.41, 5.74) is 2.06. The molecule has 0 radical (unpaired) electrons. The van der Waals surface area contributed by atoms with Crippen molar-refractivity contribution in [2.24, 2.45) is 0 Å². The molecule has 142 valence electrons. The van der Waals surface area contributed by atoms with Gasteiger partial charge in [0.05, 0.1) is 0 Å². The molecule has 1 saturated heterocycles. The molecular weight excluding hydrogens is 362 g/mol. The zero-order chi connectivity index (χ0) is 20.1. The predicted molar refractivity (Wildman–Crippen MR) is 101 cm³/mol. The first-order valence-corrected chi connectivity index (χ1v) is 8.38. The second-order valence-corrected chi connectivity index (χ2v) is 6.07. The van der Waals surface area contributed by atoms with Crippen molar-refractivity contribution in [2.75, 3.05) is 11.9 Å². The molecule has 28 heavy (non-hydrogen) atoms. The number of ether oxygens (including phenoxy) is 1. The lowest BCUT2D eigenvalue weighted by Gasteiger charge is -2.14. The number of nitrogens with one attached hydrogen (secondary N) is 3. The molecule has 8 heteroatoms. The maximum atomic E-state index is 12.0. The number of urea groups is 1. The van der Waals surface area contributed by atoms with Gasteiger partial charge in [-0.05, 0) is 42.8 Å². The van der Waals surface area contributed by atoms with Crippen molar-refractivity contribution < 1.29 is 23.9 Å². The number of rotatable bonds is 5. The summed E-state index contributed by atoms with van der Waals surface area (Å²) >= 11 is 0. The fourth-order valence-corrected chi connectivity index (χ4v) is 2.45. The average Bonchev–Trinajstić information content (AvgIpc) is 2.65. The molecule has 1 fully saturated rings. The van der Waals surface area contributed by atoms with Crippen LogP contribution < -0.4 is 20.7 Å². The van der Waals surface area contributed by atoms with Crippen molar-refractivity contribution in [3.8, 4) is 5.75 Å². The van der Waals surface area contributed by atoms with Crippen LogP contribution in [-0.4, -0.2) is 30.4 Å². The van der Waals surface area contributed by atoms with Gasteiger partial charge in [0, 0.05) is 5.69 Å². The number of carbonyl (C=O) groups is 4. The molecule has 3 rings (SSSR count). The van der Waals surface area contributed by atoms with Gasteiger partial charge in [-0.1, -0.05) is 29.8 Å². The molecule has 0 spiro atoms. The first-order chi connectivity index (χ1) is 13.4. The van der Waals surface area contributed by atoms with Crippen molar-refractivity contribution in [1.82, 2.24) is 10.6 Å². The smallest absolute Gasteiger partial charge is 0.328 e. The van der Waals surface area contributed by atoms with E-state index in [0.717, 1.165) is 5.56 Å². The average molecular weight is 379 g/mol. The number of imide groups is 2. The number of amides is 5. The van der Waals surface area contributed by atoms with Gasteiger partial charge in [0.15, 0.2) is 6.61 Å². The van der Waals surface area contributed by atoms with Crippen LogP contribution in [0, 0.1) is 6.92 Å². The van der Waals surface area contributed by atoms with Crippen LogP contribution in [0.1, 0.15) is 11.1 Å². The third-order valence-corrected chi connectivity index (χ3v) is 3.82. The Hall–Kier alpha value is -3.94. The van der Waals surface area contributed by atoms with Gasteiger partial charge >= 0.3 is 6.03 Å². The zero-order valence-electron chi connectivity index (χ0n) is 14.9. The first-order valence-electron chi connectivity index (χ1n) is 8.38. The summed E-state index contributed by atoms with van der Waals surface area (Å²) in [5.74, 6) is -1.49. The van der Waals surface area contributed by atoms with Crippen LogP contribution >= 0.6 is 0 Å². The molecule has 0 aromatic heterocycles. The van der Waals surface area contributed by atoms with E-state index >= 15 is 0 Å². The number of hydrogen-bond donors (Lipinski definition) is 3. The molecule has 1 aliphatic rings. The SMILES string of the molecule is Cc1ccc(NC(=O)COc2cccc(C=C3C(=O)NC(=O)NC3=O)c2)cc1. The van der Waals surface area contributed by atoms with Gasteiger partial charge in [-0.2, -0.15) is 0 Å². The Labute approximate surface area is 160 Å². The van der Waals surface area contributed by atoms with E-state index in [1.807, 2.05) is 29.7 Å². The number of aryl methyl sites for hydroxylation is 1. The molecule has 0 unspecified atom stereocenters. The summed E-state index contributed by atoms with van der Waals surface area (Å²) < 4.78 is 5.47. The third kappa shape index (κ3) is 4.82. The number of hydrogen-bond acceptors (Lipinski definition) is 5. The largest absolute Gasteiger partial charge is 0.484 e. The molecule has 0 atom stereocenters. The Bertz CT molecular complexity index is 958. The summed E-state index contributed by atoms with van der Waals surface area (Å²) in [6.45, 7) is 1.75. The molecule has 5 amide bonds. The van der Waals surface area contributed by atoms with Gasteiger partial charge in [0.1, 0.15) is 11.3 Å². The predicted octanol–water partition coefficient (Wildman–Crippen LogP) is 1.76. The van der Waals surface area contributed by atoms with Gasteiger partial charge in [-0.3, -0.25) is 25.0 Å². The van der Waals surface area contributed by atoms with Gasteiger partial charge in [-0.25, -0.2) is 4.79 Å². The lowest BCUT2D eigenvalue weighted by atomic mass is 10.1. The quantitative estimate of drug-likeness (QED) is 0.541. The fraction of sp³-hybridized carbons (Fsp3) is 0.100. The normalized spacial score (nSPS) is 13.5. The third-order valence-electron chi connectivity index (χ3n) is 3.82. The maximum absolute atomic E-state index is 12.0. The molecule has 0 saturated carbocycles. The summed E-state index contributed by atoms with van der Waals surface area (Å²) in [6.07, 6.45) is 1.33. The minimum absolute atomic E-state index is 0.200. The molecule has 8 nitrogen and oxygen atoms in total. The highest BCUT2D eigenvalue weighted by Crippen LogP contribution is 2.17. The van der Waals surface area contributed by atoms with E-state index in [1.54, 1.807) is 36.4 Å². The van der Waals surface area contributed by atoms with Crippen LogP contribution in [-0.2, 0) is 14.4 Å². The summed E-state index contributed by atoms with van der Waals surface area (Å²) in [6, 6.07) is 13.0. The van der Waals surface area contributed by atoms with E-state index in [9.17, 15) is 19.2 Å². The molecule has 0 aliphatic carbocycles. The molecule has 0 bridgehead atoms. The van der Waals surface area contributed by atoms with Crippen molar-refractivity contribution in [3.05, 3.63) is 65.2 Å². The number of barbiturate groups is 1. The summed E-state index contributed by atoms with van der Waals surface area (Å²) in [7, 11) is 0. The molecule has 1 aliphatic heterocycles. The van der Waals surface area contributed by atoms with E-state index in [1.165, 1.54) is 6.08 Å². The second-order valence-electron chi connectivity index (χ2n) is 6.07. The minimum Gasteiger partial charge on any atom is -0.484 e. The topological polar surface area (TPSA) is 114 Å².